The summed E-state index contributed by atoms with van der Waals surface area (Å²) >= 11 is 0. The Morgan fingerprint density at radius 2 is 1.67 bits per heavy atom. The molecule has 0 bridgehead atoms. The number of hydrogen-bond acceptors (Lipinski definition) is 5. The largest absolute Gasteiger partial charge is 0.490 e. The summed E-state index contributed by atoms with van der Waals surface area (Å²) in [7, 11) is 0. The van der Waals surface area contributed by atoms with Crippen molar-refractivity contribution in [1.29, 1.82) is 0 Å². The van der Waals surface area contributed by atoms with Crippen LogP contribution in [0.2, 0.25) is 0 Å². The highest BCUT2D eigenvalue weighted by Crippen LogP contribution is 2.37. The molecule has 2 heterocycles. The second-order valence-corrected chi connectivity index (χ2v) is 6.95. The van der Waals surface area contributed by atoms with Crippen molar-refractivity contribution >= 4 is 11.5 Å². The molecule has 2 aromatic carbocycles. The second kappa shape index (κ2) is 8.61. The van der Waals surface area contributed by atoms with Crippen LogP contribution in [0.1, 0.15) is 19.7 Å². The van der Waals surface area contributed by atoms with E-state index in [0.717, 1.165) is 22.6 Å². The van der Waals surface area contributed by atoms with Gasteiger partial charge in [-0.2, -0.15) is 0 Å². The molecule has 6 nitrogen and oxygen atoms in total. The standard InChI is InChI=1S/C24H22N4O2/c1-16(2)29-22-15-18(28-23(25)24-26-13-6-14-27-24)9-10-19(22)21-12-11-20(30-21)17-7-4-3-5-8-17/h3-16H,1-2H3,(H2,25,28). The monoisotopic (exact) mass is 398 g/mol. The van der Waals surface area contributed by atoms with Gasteiger partial charge in [0.2, 0.25) is 0 Å². The number of aromatic nitrogens is 2. The number of ether oxygens (including phenoxy) is 1. The highest BCUT2D eigenvalue weighted by atomic mass is 16.5. The fourth-order valence-electron chi connectivity index (χ4n) is 3.00. The van der Waals surface area contributed by atoms with E-state index in [0.29, 0.717) is 17.3 Å². The van der Waals surface area contributed by atoms with Crippen LogP contribution < -0.4 is 10.5 Å². The van der Waals surface area contributed by atoms with Crippen molar-refractivity contribution in [3.8, 4) is 28.4 Å². The molecule has 0 unspecified atom stereocenters. The number of nitrogens with zero attached hydrogens (tertiary/aromatic N) is 3. The van der Waals surface area contributed by atoms with E-state index in [4.69, 9.17) is 14.9 Å². The van der Waals surface area contributed by atoms with Gasteiger partial charge in [0, 0.05) is 24.0 Å². The summed E-state index contributed by atoms with van der Waals surface area (Å²) in [6, 6.07) is 21.2. The van der Waals surface area contributed by atoms with Gasteiger partial charge < -0.3 is 14.9 Å². The van der Waals surface area contributed by atoms with Crippen LogP contribution in [-0.2, 0) is 0 Å². The van der Waals surface area contributed by atoms with Gasteiger partial charge in [0.25, 0.3) is 0 Å². The van der Waals surface area contributed by atoms with E-state index >= 15 is 0 Å². The quantitative estimate of drug-likeness (QED) is 0.355. The normalized spacial score (nSPS) is 11.6. The van der Waals surface area contributed by atoms with Gasteiger partial charge in [-0.05, 0) is 44.2 Å². The van der Waals surface area contributed by atoms with Crippen LogP contribution in [0.15, 0.2) is 88.5 Å². The van der Waals surface area contributed by atoms with Gasteiger partial charge in [0.15, 0.2) is 11.7 Å². The van der Waals surface area contributed by atoms with Crippen molar-refractivity contribution < 1.29 is 9.15 Å². The minimum atomic E-state index is -0.0126. The predicted octanol–water partition coefficient (Wildman–Crippen LogP) is 5.23. The van der Waals surface area contributed by atoms with Gasteiger partial charge in [0.1, 0.15) is 17.3 Å². The van der Waals surface area contributed by atoms with E-state index in [1.165, 1.54) is 0 Å². The van der Waals surface area contributed by atoms with E-state index in [9.17, 15) is 0 Å². The van der Waals surface area contributed by atoms with E-state index in [1.54, 1.807) is 18.5 Å². The lowest BCUT2D eigenvalue weighted by Crippen LogP contribution is -2.16. The van der Waals surface area contributed by atoms with Crippen molar-refractivity contribution in [2.45, 2.75) is 20.0 Å². The van der Waals surface area contributed by atoms with Crippen LogP contribution in [0, 0.1) is 0 Å². The highest BCUT2D eigenvalue weighted by Gasteiger charge is 2.14. The smallest absolute Gasteiger partial charge is 0.195 e. The van der Waals surface area contributed by atoms with Gasteiger partial charge in [-0.3, -0.25) is 0 Å². The van der Waals surface area contributed by atoms with Crippen LogP contribution in [0.3, 0.4) is 0 Å². The minimum absolute atomic E-state index is 0.0126. The van der Waals surface area contributed by atoms with Crippen LogP contribution in [0.25, 0.3) is 22.6 Å². The Labute approximate surface area is 175 Å². The first-order valence-electron chi connectivity index (χ1n) is 9.68. The average Bonchev–Trinajstić information content (AvgIpc) is 3.25. The summed E-state index contributed by atoms with van der Waals surface area (Å²) in [6.07, 6.45) is 3.24. The number of benzene rings is 2. The molecule has 2 N–H and O–H groups in total. The molecule has 0 atom stereocenters. The van der Waals surface area contributed by atoms with Gasteiger partial charge >= 0.3 is 0 Å². The molecule has 0 aliphatic heterocycles. The molecular formula is C24H22N4O2. The summed E-state index contributed by atoms with van der Waals surface area (Å²) in [5.74, 6) is 2.81. The fourth-order valence-corrected chi connectivity index (χ4v) is 3.00. The molecule has 0 saturated carbocycles. The average molecular weight is 398 g/mol. The lowest BCUT2D eigenvalue weighted by molar-refractivity contribution is 0.243. The van der Waals surface area contributed by atoms with E-state index in [-0.39, 0.29) is 11.9 Å². The summed E-state index contributed by atoms with van der Waals surface area (Å²) < 4.78 is 12.1. The van der Waals surface area contributed by atoms with Crippen LogP contribution in [0.4, 0.5) is 5.69 Å². The summed E-state index contributed by atoms with van der Waals surface area (Å²) in [4.78, 5) is 12.7. The number of nitrogens with two attached hydrogens (primary N) is 1. The third-order valence-corrected chi connectivity index (χ3v) is 4.30. The molecule has 30 heavy (non-hydrogen) atoms. The first-order valence-corrected chi connectivity index (χ1v) is 9.68. The van der Waals surface area contributed by atoms with Crippen molar-refractivity contribution in [2.75, 3.05) is 0 Å². The Balaban J connectivity index is 1.70. The maximum absolute atomic E-state index is 6.11. The third kappa shape index (κ3) is 4.38. The Kier molecular flexibility index (Phi) is 5.57. The van der Waals surface area contributed by atoms with Crippen molar-refractivity contribution in [1.82, 2.24) is 9.97 Å². The van der Waals surface area contributed by atoms with E-state index in [2.05, 4.69) is 15.0 Å². The first-order chi connectivity index (χ1) is 14.6. The van der Waals surface area contributed by atoms with Gasteiger partial charge in [0.05, 0.1) is 17.4 Å². The lowest BCUT2D eigenvalue weighted by atomic mass is 10.1. The molecule has 150 valence electrons. The van der Waals surface area contributed by atoms with Crippen molar-refractivity contribution in [3.63, 3.8) is 0 Å². The van der Waals surface area contributed by atoms with Crippen molar-refractivity contribution in [3.05, 3.63) is 84.9 Å². The van der Waals surface area contributed by atoms with E-state index < -0.39 is 0 Å². The Hall–Kier alpha value is -3.93. The second-order valence-electron chi connectivity index (χ2n) is 6.95. The Morgan fingerprint density at radius 3 is 2.40 bits per heavy atom. The number of aliphatic imine (C=N–C) groups is 1. The molecule has 6 heteroatoms. The van der Waals surface area contributed by atoms with Crippen LogP contribution in [0.5, 0.6) is 5.75 Å². The summed E-state index contributed by atoms with van der Waals surface area (Å²) in [5.41, 5.74) is 8.58. The summed E-state index contributed by atoms with van der Waals surface area (Å²) in [5, 5.41) is 0. The minimum Gasteiger partial charge on any atom is -0.490 e. The zero-order valence-corrected chi connectivity index (χ0v) is 16.8. The maximum Gasteiger partial charge on any atom is 0.195 e. The molecule has 0 aliphatic carbocycles. The zero-order valence-electron chi connectivity index (χ0n) is 16.8. The maximum atomic E-state index is 6.11. The van der Waals surface area contributed by atoms with Gasteiger partial charge in [-0.15, -0.1) is 0 Å². The highest BCUT2D eigenvalue weighted by molar-refractivity contribution is 5.95. The van der Waals surface area contributed by atoms with E-state index in [1.807, 2.05) is 74.5 Å². The van der Waals surface area contributed by atoms with Gasteiger partial charge in [-0.1, -0.05) is 30.3 Å². The fraction of sp³-hybridized carbons (Fsp3) is 0.125. The Morgan fingerprint density at radius 1 is 0.933 bits per heavy atom. The lowest BCUT2D eigenvalue weighted by Gasteiger charge is -2.14. The topological polar surface area (TPSA) is 86.5 Å². The molecule has 4 rings (SSSR count). The third-order valence-electron chi connectivity index (χ3n) is 4.30. The molecule has 0 amide bonds. The number of rotatable bonds is 6. The number of hydrogen-bond donors (Lipinski definition) is 1. The van der Waals surface area contributed by atoms with Crippen LogP contribution in [-0.4, -0.2) is 21.9 Å². The molecular weight excluding hydrogens is 376 g/mol. The van der Waals surface area contributed by atoms with Gasteiger partial charge in [-0.25, -0.2) is 15.0 Å². The predicted molar refractivity (Wildman–Crippen MR) is 118 cm³/mol. The molecule has 0 fully saturated rings. The molecule has 0 spiro atoms. The Bertz CT molecular complexity index is 1150. The first kappa shape index (κ1) is 19.4. The molecule has 0 aliphatic rings. The number of amidine groups is 1. The zero-order chi connectivity index (χ0) is 20.9. The molecule has 4 aromatic rings. The molecule has 0 radical (unpaired) electrons. The number of furan rings is 1. The molecule has 2 aromatic heterocycles. The summed E-state index contributed by atoms with van der Waals surface area (Å²) in [6.45, 7) is 3.95. The van der Waals surface area contributed by atoms with Crippen LogP contribution >= 0.6 is 0 Å². The van der Waals surface area contributed by atoms with Crippen molar-refractivity contribution in [2.24, 2.45) is 10.7 Å². The SMILES string of the molecule is CC(C)Oc1cc(N=C(N)c2ncccn2)ccc1-c1ccc(-c2ccccc2)o1. The molecule has 0 saturated heterocycles.